The maximum absolute atomic E-state index is 14.1. The molecule has 3 nitrogen and oxygen atoms in total. The van der Waals surface area contributed by atoms with Gasteiger partial charge in [0.25, 0.3) is 0 Å². The first-order chi connectivity index (χ1) is 15.9. The Labute approximate surface area is 192 Å². The number of benzene rings is 2. The zero-order valence-corrected chi connectivity index (χ0v) is 18.3. The lowest BCUT2D eigenvalue weighted by Gasteiger charge is -2.32. The van der Waals surface area contributed by atoms with E-state index < -0.39 is 42.3 Å². The van der Waals surface area contributed by atoms with Gasteiger partial charge in [0.15, 0.2) is 0 Å². The molecule has 188 valence electrons. The predicted molar refractivity (Wildman–Crippen MR) is 113 cm³/mol. The van der Waals surface area contributed by atoms with Crippen molar-refractivity contribution >= 4 is 5.69 Å². The van der Waals surface area contributed by atoms with Gasteiger partial charge in [-0.25, -0.2) is 4.39 Å². The van der Waals surface area contributed by atoms with Gasteiger partial charge < -0.3 is 15.2 Å². The van der Waals surface area contributed by atoms with Crippen molar-refractivity contribution in [1.82, 2.24) is 0 Å². The van der Waals surface area contributed by atoms with E-state index in [1.165, 1.54) is 24.6 Å². The summed E-state index contributed by atoms with van der Waals surface area (Å²) in [6.45, 7) is 0.445. The summed E-state index contributed by atoms with van der Waals surface area (Å²) in [6.07, 6.45) is -6.11. The van der Waals surface area contributed by atoms with Crippen LogP contribution in [0.3, 0.4) is 0 Å². The van der Waals surface area contributed by atoms with Crippen LogP contribution in [0, 0.1) is 11.7 Å². The van der Waals surface area contributed by atoms with Crippen molar-refractivity contribution in [2.75, 3.05) is 11.9 Å². The van der Waals surface area contributed by atoms with E-state index in [2.05, 4.69) is 0 Å². The Morgan fingerprint density at radius 3 is 2.26 bits per heavy atom. The Hall–Kier alpha value is -2.49. The summed E-state index contributed by atoms with van der Waals surface area (Å²) >= 11 is 0. The first-order valence-electron chi connectivity index (χ1n) is 11.0. The third-order valence-corrected chi connectivity index (χ3v) is 6.00. The van der Waals surface area contributed by atoms with Crippen LogP contribution in [0.1, 0.15) is 49.7 Å². The van der Waals surface area contributed by atoms with E-state index in [1.54, 1.807) is 6.07 Å². The molecule has 2 aromatic rings. The van der Waals surface area contributed by atoms with Gasteiger partial charge in [-0.1, -0.05) is 31.4 Å². The van der Waals surface area contributed by atoms with Crippen LogP contribution in [0.4, 0.5) is 36.4 Å². The first kappa shape index (κ1) is 26.1. The van der Waals surface area contributed by atoms with Gasteiger partial charge in [0.05, 0.1) is 12.2 Å². The fourth-order valence-corrected chi connectivity index (χ4v) is 3.99. The maximum atomic E-state index is 14.1. The van der Waals surface area contributed by atoms with E-state index >= 15 is 0 Å². The second-order valence-corrected chi connectivity index (χ2v) is 8.63. The van der Waals surface area contributed by atoms with Crippen LogP contribution in [0.25, 0.3) is 0 Å². The molecule has 1 aliphatic carbocycles. The Morgan fingerprint density at radius 2 is 1.65 bits per heavy atom. The highest BCUT2D eigenvalue weighted by atomic mass is 19.4. The molecule has 1 aliphatic rings. The van der Waals surface area contributed by atoms with E-state index in [1.807, 2.05) is 5.32 Å². The molecule has 3 rings (SSSR count). The van der Waals surface area contributed by atoms with Crippen LogP contribution in [0.5, 0.6) is 5.75 Å². The highest BCUT2D eigenvalue weighted by molar-refractivity contribution is 5.50. The average molecular weight is 493 g/mol. The lowest BCUT2D eigenvalue weighted by molar-refractivity contribution is -0.250. The molecule has 1 unspecified atom stereocenters. The van der Waals surface area contributed by atoms with E-state index in [0.717, 1.165) is 31.7 Å². The SMILES string of the molecule is OC(CCc1ccc(C(F)(F)F)cc1F)(Nc1cccc(OCC2CCCCC2)c1)C(F)(F)F. The molecule has 0 radical (unpaired) electrons. The summed E-state index contributed by atoms with van der Waals surface area (Å²) in [5.74, 6) is -0.567. The lowest BCUT2D eigenvalue weighted by Crippen LogP contribution is -2.52. The largest absolute Gasteiger partial charge is 0.493 e. The van der Waals surface area contributed by atoms with Gasteiger partial charge in [0.2, 0.25) is 5.72 Å². The van der Waals surface area contributed by atoms with Gasteiger partial charge in [0.1, 0.15) is 11.6 Å². The zero-order chi connectivity index (χ0) is 25.0. The monoisotopic (exact) mass is 493 g/mol. The summed E-state index contributed by atoms with van der Waals surface area (Å²) in [5.41, 5.74) is -5.12. The fourth-order valence-electron chi connectivity index (χ4n) is 3.99. The number of ether oxygens (including phenoxy) is 1. The van der Waals surface area contributed by atoms with E-state index in [4.69, 9.17) is 4.74 Å². The van der Waals surface area contributed by atoms with Gasteiger partial charge in [0, 0.05) is 18.2 Å². The fraction of sp³-hybridized carbons (Fsp3) is 0.500. The number of hydrogen-bond donors (Lipinski definition) is 2. The lowest BCUT2D eigenvalue weighted by atomic mass is 9.90. The van der Waals surface area contributed by atoms with Crippen LogP contribution in [-0.4, -0.2) is 23.6 Å². The number of aryl methyl sites for hydroxylation is 1. The van der Waals surface area contributed by atoms with E-state index in [0.29, 0.717) is 24.3 Å². The molecule has 34 heavy (non-hydrogen) atoms. The Morgan fingerprint density at radius 1 is 0.941 bits per heavy atom. The van der Waals surface area contributed by atoms with Gasteiger partial charge in [-0.05, 0) is 55.0 Å². The molecule has 0 aromatic heterocycles. The van der Waals surface area contributed by atoms with Gasteiger partial charge in [-0.15, -0.1) is 0 Å². The van der Waals surface area contributed by atoms with Crippen molar-refractivity contribution in [2.24, 2.45) is 5.92 Å². The topological polar surface area (TPSA) is 41.5 Å². The number of aliphatic hydroxyl groups is 1. The normalized spacial score (nSPS) is 17.3. The molecule has 0 aliphatic heterocycles. The number of nitrogens with one attached hydrogen (secondary N) is 1. The van der Waals surface area contributed by atoms with Crippen molar-refractivity contribution in [3.63, 3.8) is 0 Å². The summed E-state index contributed by atoms with van der Waals surface area (Å²) < 4.78 is 99.0. The van der Waals surface area contributed by atoms with Crippen LogP contribution in [0.2, 0.25) is 0 Å². The van der Waals surface area contributed by atoms with Gasteiger partial charge in [-0.2, -0.15) is 26.3 Å². The van der Waals surface area contributed by atoms with Crippen LogP contribution < -0.4 is 10.1 Å². The molecule has 0 saturated heterocycles. The maximum Gasteiger partial charge on any atom is 0.436 e. The Kier molecular flexibility index (Phi) is 8.00. The standard InChI is InChI=1S/C24H26F7NO2/c25-21-13-18(23(26,27)28)10-9-17(21)11-12-22(33,24(29,30)31)32-19-7-4-8-20(14-19)34-15-16-5-2-1-3-6-16/h4,7-10,13-14,16,32-33H,1-3,5-6,11-12,15H2. The number of hydrogen-bond acceptors (Lipinski definition) is 3. The second-order valence-electron chi connectivity index (χ2n) is 8.63. The van der Waals surface area contributed by atoms with Crippen LogP contribution in [-0.2, 0) is 12.6 Å². The summed E-state index contributed by atoms with van der Waals surface area (Å²) in [6, 6.07) is 7.31. The molecular weight excluding hydrogens is 467 g/mol. The molecule has 0 spiro atoms. The molecule has 0 bridgehead atoms. The molecule has 1 fully saturated rings. The Balaban J connectivity index is 1.69. The van der Waals surface area contributed by atoms with Crippen LogP contribution >= 0.6 is 0 Å². The summed E-state index contributed by atoms with van der Waals surface area (Å²) in [4.78, 5) is 0. The molecule has 1 saturated carbocycles. The zero-order valence-electron chi connectivity index (χ0n) is 18.3. The minimum absolute atomic E-state index is 0.0612. The molecule has 2 aromatic carbocycles. The van der Waals surface area contributed by atoms with Crippen LogP contribution in [0.15, 0.2) is 42.5 Å². The molecule has 1 atom stereocenters. The Bertz CT molecular complexity index is 955. The van der Waals surface area contributed by atoms with Crippen molar-refractivity contribution < 1.29 is 40.6 Å². The molecular formula is C24H26F7NO2. The molecule has 2 N–H and O–H groups in total. The summed E-state index contributed by atoms with van der Waals surface area (Å²) in [7, 11) is 0. The average Bonchev–Trinajstić information content (AvgIpc) is 2.76. The predicted octanol–water partition coefficient (Wildman–Crippen LogP) is 7.10. The van der Waals surface area contributed by atoms with Gasteiger partial charge in [-0.3, -0.25) is 0 Å². The van der Waals surface area contributed by atoms with E-state index in [9.17, 15) is 35.8 Å². The number of alkyl halides is 6. The highest BCUT2D eigenvalue weighted by Crippen LogP contribution is 2.37. The third kappa shape index (κ3) is 6.77. The highest BCUT2D eigenvalue weighted by Gasteiger charge is 2.53. The van der Waals surface area contributed by atoms with Crippen molar-refractivity contribution in [1.29, 1.82) is 0 Å². The van der Waals surface area contributed by atoms with Crippen molar-refractivity contribution in [3.8, 4) is 5.75 Å². The number of rotatable bonds is 8. The molecule has 10 heteroatoms. The second kappa shape index (κ2) is 10.4. The smallest absolute Gasteiger partial charge is 0.436 e. The van der Waals surface area contributed by atoms with Gasteiger partial charge >= 0.3 is 12.4 Å². The van der Waals surface area contributed by atoms with Crippen molar-refractivity contribution in [2.45, 2.75) is 63.0 Å². The van der Waals surface area contributed by atoms with E-state index in [-0.39, 0.29) is 17.3 Å². The van der Waals surface area contributed by atoms with Crippen molar-refractivity contribution in [3.05, 3.63) is 59.4 Å². The molecule has 0 heterocycles. The minimum atomic E-state index is -5.14. The number of halogens is 7. The minimum Gasteiger partial charge on any atom is -0.493 e. The quantitative estimate of drug-likeness (QED) is 0.305. The third-order valence-electron chi connectivity index (χ3n) is 6.00. The first-order valence-corrected chi connectivity index (χ1v) is 11.0. The number of anilines is 1. The molecule has 0 amide bonds. The summed E-state index contributed by atoms with van der Waals surface area (Å²) in [5, 5.41) is 12.4.